The molecule has 138 valence electrons. The minimum Gasteiger partial charge on any atom is -0.486 e. The molecular formula is C20H22ClNO4. The van der Waals surface area contributed by atoms with Crippen LogP contribution in [0.25, 0.3) is 0 Å². The number of carbonyl (C=O) groups is 1. The summed E-state index contributed by atoms with van der Waals surface area (Å²) in [6, 6.07) is 12.7. The number of para-hydroxylation sites is 1. The lowest BCUT2D eigenvalue weighted by atomic mass is 9.95. The first kappa shape index (κ1) is 18.4. The van der Waals surface area contributed by atoms with E-state index >= 15 is 0 Å². The molecule has 2 aromatic rings. The van der Waals surface area contributed by atoms with Gasteiger partial charge in [-0.25, -0.2) is 0 Å². The lowest BCUT2D eigenvalue weighted by Gasteiger charge is -2.25. The zero-order valence-electron chi connectivity index (χ0n) is 14.8. The molecule has 1 amide bonds. The summed E-state index contributed by atoms with van der Waals surface area (Å²) in [6.45, 7) is 5.09. The summed E-state index contributed by atoms with van der Waals surface area (Å²) in [5.41, 5.74) is 0.968. The standard InChI is InChI=1S/C20H22ClNO4/c1-13(2)20(14-7-8-17-18(11-14)25-10-9-24-17)22-19(23)12-26-16-6-4-3-5-15(16)21/h3-8,11,13,20H,9-10,12H2,1-2H3,(H,22,23)/t20-/m1/s1. The zero-order chi connectivity index (χ0) is 18.5. The number of fused-ring (bicyclic) bond motifs is 1. The summed E-state index contributed by atoms with van der Waals surface area (Å²) < 4.78 is 16.7. The van der Waals surface area contributed by atoms with E-state index in [1.54, 1.807) is 12.1 Å². The van der Waals surface area contributed by atoms with Gasteiger partial charge in [0, 0.05) is 0 Å². The van der Waals surface area contributed by atoms with Crippen molar-refractivity contribution in [2.75, 3.05) is 19.8 Å². The average molecular weight is 376 g/mol. The van der Waals surface area contributed by atoms with Gasteiger partial charge in [-0.3, -0.25) is 4.79 Å². The fourth-order valence-electron chi connectivity index (χ4n) is 2.81. The maximum Gasteiger partial charge on any atom is 0.258 e. The van der Waals surface area contributed by atoms with Crippen LogP contribution in [0.15, 0.2) is 42.5 Å². The summed E-state index contributed by atoms with van der Waals surface area (Å²) in [5.74, 6) is 1.92. The molecule has 1 atom stereocenters. The van der Waals surface area contributed by atoms with Crippen molar-refractivity contribution >= 4 is 17.5 Å². The van der Waals surface area contributed by atoms with Gasteiger partial charge in [0.15, 0.2) is 18.1 Å². The molecule has 2 aromatic carbocycles. The largest absolute Gasteiger partial charge is 0.486 e. The first-order valence-electron chi connectivity index (χ1n) is 8.61. The monoisotopic (exact) mass is 375 g/mol. The highest BCUT2D eigenvalue weighted by molar-refractivity contribution is 6.32. The van der Waals surface area contributed by atoms with Crippen molar-refractivity contribution in [3.63, 3.8) is 0 Å². The van der Waals surface area contributed by atoms with E-state index in [1.165, 1.54) is 0 Å². The maximum absolute atomic E-state index is 12.4. The van der Waals surface area contributed by atoms with Gasteiger partial charge in [-0.15, -0.1) is 0 Å². The minimum absolute atomic E-state index is 0.0997. The molecule has 1 N–H and O–H groups in total. The van der Waals surface area contributed by atoms with E-state index < -0.39 is 0 Å². The summed E-state index contributed by atoms with van der Waals surface area (Å²) >= 11 is 6.04. The van der Waals surface area contributed by atoms with Crippen LogP contribution in [0.4, 0.5) is 0 Å². The second-order valence-electron chi connectivity index (χ2n) is 6.41. The Morgan fingerprint density at radius 3 is 2.62 bits per heavy atom. The first-order chi connectivity index (χ1) is 12.5. The van der Waals surface area contributed by atoms with E-state index in [-0.39, 0.29) is 24.5 Å². The van der Waals surface area contributed by atoms with Gasteiger partial charge in [-0.1, -0.05) is 43.6 Å². The fourth-order valence-corrected chi connectivity index (χ4v) is 3.00. The highest BCUT2D eigenvalue weighted by atomic mass is 35.5. The van der Waals surface area contributed by atoms with Crippen molar-refractivity contribution in [3.8, 4) is 17.2 Å². The van der Waals surface area contributed by atoms with Crippen LogP contribution in [0.3, 0.4) is 0 Å². The molecule has 5 nitrogen and oxygen atoms in total. The summed E-state index contributed by atoms with van der Waals surface area (Å²) in [5, 5.41) is 3.51. The number of benzene rings is 2. The minimum atomic E-state index is -0.210. The molecule has 26 heavy (non-hydrogen) atoms. The third-order valence-corrected chi connectivity index (χ3v) is 4.42. The lowest BCUT2D eigenvalue weighted by molar-refractivity contribution is -0.124. The van der Waals surface area contributed by atoms with Crippen LogP contribution in [-0.2, 0) is 4.79 Å². The Hall–Kier alpha value is -2.40. The summed E-state index contributed by atoms with van der Waals surface area (Å²) in [7, 11) is 0. The molecule has 1 heterocycles. The molecule has 0 aliphatic carbocycles. The molecule has 0 saturated carbocycles. The van der Waals surface area contributed by atoms with Crippen molar-refractivity contribution in [2.24, 2.45) is 5.92 Å². The molecule has 6 heteroatoms. The molecule has 0 bridgehead atoms. The van der Waals surface area contributed by atoms with Gasteiger partial charge in [0.25, 0.3) is 5.91 Å². The number of hydrogen-bond acceptors (Lipinski definition) is 4. The number of hydrogen-bond donors (Lipinski definition) is 1. The molecule has 0 saturated heterocycles. The van der Waals surface area contributed by atoms with Crippen LogP contribution >= 0.6 is 11.6 Å². The molecule has 0 spiro atoms. The van der Waals surface area contributed by atoms with E-state index in [9.17, 15) is 4.79 Å². The average Bonchev–Trinajstić information content (AvgIpc) is 2.65. The number of halogens is 1. The maximum atomic E-state index is 12.4. The Balaban J connectivity index is 1.66. The highest BCUT2D eigenvalue weighted by Crippen LogP contribution is 2.34. The van der Waals surface area contributed by atoms with E-state index in [1.807, 2.05) is 30.3 Å². The van der Waals surface area contributed by atoms with E-state index in [4.69, 9.17) is 25.8 Å². The van der Waals surface area contributed by atoms with Gasteiger partial charge in [0.05, 0.1) is 11.1 Å². The molecule has 0 fully saturated rings. The van der Waals surface area contributed by atoms with Gasteiger partial charge in [-0.05, 0) is 35.7 Å². The molecule has 3 rings (SSSR count). The van der Waals surface area contributed by atoms with E-state index in [2.05, 4.69) is 19.2 Å². The van der Waals surface area contributed by atoms with E-state index in [0.717, 1.165) is 11.3 Å². The van der Waals surface area contributed by atoms with Crippen LogP contribution in [0, 0.1) is 5.92 Å². The van der Waals surface area contributed by atoms with Gasteiger partial charge in [0.1, 0.15) is 19.0 Å². The fraction of sp³-hybridized carbons (Fsp3) is 0.350. The van der Waals surface area contributed by atoms with Crippen LogP contribution in [0.5, 0.6) is 17.2 Å². The van der Waals surface area contributed by atoms with Crippen LogP contribution in [0.2, 0.25) is 5.02 Å². The van der Waals surface area contributed by atoms with Crippen molar-refractivity contribution in [1.82, 2.24) is 5.32 Å². The molecule has 0 unspecified atom stereocenters. The van der Waals surface area contributed by atoms with Gasteiger partial charge < -0.3 is 19.5 Å². The van der Waals surface area contributed by atoms with Crippen molar-refractivity contribution in [3.05, 3.63) is 53.1 Å². The zero-order valence-corrected chi connectivity index (χ0v) is 15.6. The van der Waals surface area contributed by atoms with Crippen molar-refractivity contribution in [1.29, 1.82) is 0 Å². The predicted molar refractivity (Wildman–Crippen MR) is 100 cm³/mol. The molecule has 0 radical (unpaired) electrons. The molecular weight excluding hydrogens is 354 g/mol. The highest BCUT2D eigenvalue weighted by Gasteiger charge is 2.21. The first-order valence-corrected chi connectivity index (χ1v) is 8.98. The number of amides is 1. The lowest BCUT2D eigenvalue weighted by Crippen LogP contribution is -2.35. The summed E-state index contributed by atoms with van der Waals surface area (Å²) in [4.78, 5) is 12.4. The second kappa shape index (κ2) is 8.32. The Kier molecular flexibility index (Phi) is 5.89. The normalized spacial score (nSPS) is 14.0. The van der Waals surface area contributed by atoms with Crippen LogP contribution in [0.1, 0.15) is 25.5 Å². The third-order valence-electron chi connectivity index (χ3n) is 4.10. The predicted octanol–water partition coefficient (Wildman–Crippen LogP) is 4.00. The summed E-state index contributed by atoms with van der Waals surface area (Å²) in [6.07, 6.45) is 0. The SMILES string of the molecule is CC(C)[C@@H](NC(=O)COc1ccccc1Cl)c1ccc2c(c1)OCCO2. The Morgan fingerprint density at radius 1 is 1.15 bits per heavy atom. The molecule has 0 aromatic heterocycles. The smallest absolute Gasteiger partial charge is 0.258 e. The quantitative estimate of drug-likeness (QED) is 0.829. The number of ether oxygens (including phenoxy) is 3. The van der Waals surface area contributed by atoms with Crippen LogP contribution < -0.4 is 19.5 Å². The molecule has 1 aliphatic heterocycles. The molecule has 1 aliphatic rings. The number of carbonyl (C=O) groups excluding carboxylic acids is 1. The number of rotatable bonds is 6. The Bertz CT molecular complexity index is 778. The van der Waals surface area contributed by atoms with E-state index in [0.29, 0.717) is 29.7 Å². The topological polar surface area (TPSA) is 56.8 Å². The second-order valence-corrected chi connectivity index (χ2v) is 6.82. The van der Waals surface area contributed by atoms with Crippen molar-refractivity contribution < 1.29 is 19.0 Å². The number of nitrogens with one attached hydrogen (secondary N) is 1. The van der Waals surface area contributed by atoms with Gasteiger partial charge in [0.2, 0.25) is 0 Å². The Labute approximate surface area is 158 Å². The van der Waals surface area contributed by atoms with Crippen molar-refractivity contribution in [2.45, 2.75) is 19.9 Å². The Morgan fingerprint density at radius 2 is 1.88 bits per heavy atom. The van der Waals surface area contributed by atoms with Gasteiger partial charge in [-0.2, -0.15) is 0 Å². The third kappa shape index (κ3) is 4.41. The van der Waals surface area contributed by atoms with Gasteiger partial charge >= 0.3 is 0 Å². The van der Waals surface area contributed by atoms with Crippen LogP contribution in [-0.4, -0.2) is 25.7 Å².